The van der Waals surface area contributed by atoms with Crippen molar-refractivity contribution in [1.82, 2.24) is 5.32 Å². The monoisotopic (exact) mass is 446 g/mol. The lowest BCUT2D eigenvalue weighted by molar-refractivity contribution is -0.115. The van der Waals surface area contributed by atoms with Crippen LogP contribution in [0.2, 0.25) is 0 Å². The molecule has 0 bridgehead atoms. The van der Waals surface area contributed by atoms with Gasteiger partial charge in [0.05, 0.1) is 25.6 Å². The van der Waals surface area contributed by atoms with E-state index in [9.17, 15) is 4.79 Å². The number of azo groups is 1. The molecule has 1 amide bonds. The van der Waals surface area contributed by atoms with Crippen LogP contribution in [0.1, 0.15) is 5.56 Å². The summed E-state index contributed by atoms with van der Waals surface area (Å²) in [4.78, 5) is 12.2. The molecule has 0 saturated carbocycles. The Bertz CT molecular complexity index is 1130. The summed E-state index contributed by atoms with van der Waals surface area (Å²) in [6, 6.07) is 22.0. The van der Waals surface area contributed by atoms with Crippen molar-refractivity contribution in [2.75, 3.05) is 19.5 Å². The molecule has 162 valence electrons. The molecule has 3 aromatic rings. The number of carbonyl (C=O) groups is 1. The predicted molar refractivity (Wildman–Crippen MR) is 130 cm³/mol. The van der Waals surface area contributed by atoms with Crippen LogP contribution in [-0.2, 0) is 4.79 Å². The Morgan fingerprint density at radius 2 is 1.53 bits per heavy atom. The average molecular weight is 447 g/mol. The molecule has 0 aromatic heterocycles. The molecule has 8 heteroatoms. The van der Waals surface area contributed by atoms with Crippen molar-refractivity contribution in [2.24, 2.45) is 10.2 Å². The van der Waals surface area contributed by atoms with E-state index in [1.807, 2.05) is 36.4 Å². The van der Waals surface area contributed by atoms with Crippen molar-refractivity contribution in [3.63, 3.8) is 0 Å². The quantitative estimate of drug-likeness (QED) is 0.278. The third-order valence-electron chi connectivity index (χ3n) is 4.23. The molecule has 0 atom stereocenters. The van der Waals surface area contributed by atoms with Gasteiger partial charge in [-0.2, -0.15) is 10.2 Å². The second-order valence-corrected chi connectivity index (χ2v) is 6.88. The first-order valence-corrected chi connectivity index (χ1v) is 10.1. The highest BCUT2D eigenvalue weighted by Crippen LogP contribution is 2.28. The van der Waals surface area contributed by atoms with Gasteiger partial charge < -0.3 is 14.8 Å². The summed E-state index contributed by atoms with van der Waals surface area (Å²) < 4.78 is 10.5. The van der Waals surface area contributed by atoms with Crippen LogP contribution in [0.15, 0.2) is 89.1 Å². The van der Waals surface area contributed by atoms with Crippen LogP contribution in [0.5, 0.6) is 11.5 Å². The van der Waals surface area contributed by atoms with E-state index in [4.69, 9.17) is 21.7 Å². The zero-order valence-corrected chi connectivity index (χ0v) is 18.4. The van der Waals surface area contributed by atoms with Gasteiger partial charge in [-0.25, -0.2) is 0 Å². The van der Waals surface area contributed by atoms with Gasteiger partial charge in [-0.3, -0.25) is 10.1 Å². The number of benzene rings is 3. The van der Waals surface area contributed by atoms with Crippen molar-refractivity contribution in [1.29, 1.82) is 0 Å². The van der Waals surface area contributed by atoms with E-state index in [1.165, 1.54) is 6.08 Å². The lowest BCUT2D eigenvalue weighted by Crippen LogP contribution is -2.32. The maximum Gasteiger partial charge on any atom is 0.250 e. The number of nitrogens with zero attached hydrogens (tertiary/aromatic N) is 2. The third-order valence-corrected chi connectivity index (χ3v) is 4.44. The van der Waals surface area contributed by atoms with Crippen LogP contribution < -0.4 is 20.1 Å². The fraction of sp³-hybridized carbons (Fsp3) is 0.0833. The number of carbonyl (C=O) groups excluding carboxylic acids is 1. The third kappa shape index (κ3) is 6.75. The number of hydrogen-bond acceptors (Lipinski definition) is 6. The first-order valence-electron chi connectivity index (χ1n) is 9.66. The van der Waals surface area contributed by atoms with Crippen LogP contribution in [0, 0.1) is 0 Å². The second-order valence-electron chi connectivity index (χ2n) is 6.47. The molecule has 0 saturated heterocycles. The number of anilines is 1. The van der Waals surface area contributed by atoms with Crippen molar-refractivity contribution >= 4 is 46.4 Å². The standard InChI is InChI=1S/C24H22N4O3S/c1-30-21-14-8-17(16-22(21)31-2)9-15-23(29)26-24(32)25-18-10-12-20(13-11-18)28-27-19-6-4-3-5-7-19/h3-16H,1-2H3,(H2,25,26,29,32)/b15-9+,28-27?. The minimum absolute atomic E-state index is 0.186. The normalized spacial score (nSPS) is 10.8. The topological polar surface area (TPSA) is 84.3 Å². The van der Waals surface area contributed by atoms with Crippen LogP contribution in [0.25, 0.3) is 6.08 Å². The van der Waals surface area contributed by atoms with E-state index in [0.29, 0.717) is 17.2 Å². The minimum Gasteiger partial charge on any atom is -0.493 e. The second kappa shape index (κ2) is 11.4. The number of nitrogens with one attached hydrogen (secondary N) is 2. The van der Waals surface area contributed by atoms with Crippen LogP contribution in [0.3, 0.4) is 0 Å². The molecule has 0 radical (unpaired) electrons. The van der Waals surface area contributed by atoms with E-state index in [2.05, 4.69) is 20.9 Å². The molecular formula is C24H22N4O3S. The van der Waals surface area contributed by atoms with Gasteiger partial charge in [0.15, 0.2) is 16.6 Å². The van der Waals surface area contributed by atoms with Crippen LogP contribution in [-0.4, -0.2) is 25.2 Å². The Kier molecular flexibility index (Phi) is 8.05. The Morgan fingerprint density at radius 1 is 0.875 bits per heavy atom. The SMILES string of the molecule is COc1ccc(/C=C/C(=O)NC(=S)Nc2ccc(N=Nc3ccccc3)cc2)cc1OC. The number of thiocarbonyl (C=S) groups is 1. The Hall–Kier alpha value is -4.04. The smallest absolute Gasteiger partial charge is 0.250 e. The van der Waals surface area contributed by atoms with Gasteiger partial charge >= 0.3 is 0 Å². The van der Waals surface area contributed by atoms with Gasteiger partial charge in [0.1, 0.15) is 0 Å². The zero-order chi connectivity index (χ0) is 22.8. The number of amides is 1. The predicted octanol–water partition coefficient (Wildman–Crippen LogP) is 5.65. The van der Waals surface area contributed by atoms with Gasteiger partial charge in [0.2, 0.25) is 5.91 Å². The van der Waals surface area contributed by atoms with Crippen molar-refractivity contribution in [2.45, 2.75) is 0 Å². The lowest BCUT2D eigenvalue weighted by Gasteiger charge is -2.08. The molecule has 0 aliphatic carbocycles. The molecule has 0 spiro atoms. The molecule has 3 rings (SSSR count). The van der Waals surface area contributed by atoms with E-state index in [0.717, 1.165) is 16.9 Å². The Morgan fingerprint density at radius 3 is 2.19 bits per heavy atom. The molecule has 0 aliphatic rings. The van der Waals surface area contributed by atoms with Crippen LogP contribution in [0.4, 0.5) is 17.1 Å². The van der Waals surface area contributed by atoms with Crippen molar-refractivity contribution in [3.05, 3.63) is 84.4 Å². The molecule has 2 N–H and O–H groups in total. The van der Waals surface area contributed by atoms with Gasteiger partial charge in [-0.15, -0.1) is 0 Å². The van der Waals surface area contributed by atoms with Crippen molar-refractivity contribution in [3.8, 4) is 11.5 Å². The number of ether oxygens (including phenoxy) is 2. The number of methoxy groups -OCH3 is 2. The Balaban J connectivity index is 1.52. The van der Waals surface area contributed by atoms with E-state index < -0.39 is 0 Å². The highest BCUT2D eigenvalue weighted by Gasteiger charge is 2.05. The summed E-state index contributed by atoms with van der Waals surface area (Å²) in [7, 11) is 3.12. The molecule has 0 unspecified atom stereocenters. The van der Waals surface area contributed by atoms with Crippen molar-refractivity contribution < 1.29 is 14.3 Å². The Labute approximate surface area is 191 Å². The fourth-order valence-electron chi connectivity index (χ4n) is 2.67. The molecule has 0 heterocycles. The minimum atomic E-state index is -0.356. The highest BCUT2D eigenvalue weighted by atomic mass is 32.1. The van der Waals surface area contributed by atoms with E-state index in [1.54, 1.807) is 56.7 Å². The first-order chi connectivity index (χ1) is 15.6. The first kappa shape index (κ1) is 22.6. The summed E-state index contributed by atoms with van der Waals surface area (Å²) in [6.45, 7) is 0. The summed E-state index contributed by atoms with van der Waals surface area (Å²) >= 11 is 5.21. The molecule has 32 heavy (non-hydrogen) atoms. The molecule has 0 aliphatic heterocycles. The molecule has 3 aromatic carbocycles. The number of hydrogen-bond donors (Lipinski definition) is 2. The summed E-state index contributed by atoms with van der Waals surface area (Å²) in [6.07, 6.45) is 3.05. The van der Waals surface area contributed by atoms with Gasteiger partial charge in [0, 0.05) is 11.8 Å². The summed E-state index contributed by atoms with van der Waals surface area (Å²) in [5, 5.41) is 14.1. The lowest BCUT2D eigenvalue weighted by atomic mass is 10.2. The average Bonchev–Trinajstić information content (AvgIpc) is 2.82. The fourth-order valence-corrected chi connectivity index (χ4v) is 2.88. The highest BCUT2D eigenvalue weighted by molar-refractivity contribution is 7.80. The van der Waals surface area contributed by atoms with Gasteiger partial charge in [0.25, 0.3) is 0 Å². The summed E-state index contributed by atoms with van der Waals surface area (Å²) in [5.74, 6) is 0.844. The molecular weight excluding hydrogens is 424 g/mol. The van der Waals surface area contributed by atoms with Gasteiger partial charge in [-0.1, -0.05) is 24.3 Å². The largest absolute Gasteiger partial charge is 0.493 e. The maximum absolute atomic E-state index is 12.2. The van der Waals surface area contributed by atoms with E-state index >= 15 is 0 Å². The molecule has 0 fully saturated rings. The van der Waals surface area contributed by atoms with Crippen LogP contribution >= 0.6 is 12.2 Å². The maximum atomic E-state index is 12.2. The molecule has 7 nitrogen and oxygen atoms in total. The van der Waals surface area contributed by atoms with E-state index in [-0.39, 0.29) is 11.0 Å². The zero-order valence-electron chi connectivity index (χ0n) is 17.6. The van der Waals surface area contributed by atoms with Gasteiger partial charge in [-0.05, 0) is 72.4 Å². The number of rotatable bonds is 7. The summed E-state index contributed by atoms with van der Waals surface area (Å²) in [5.41, 5.74) is 2.99.